The van der Waals surface area contributed by atoms with E-state index in [9.17, 15) is 22.8 Å². The summed E-state index contributed by atoms with van der Waals surface area (Å²) in [5.74, 6) is -2.25. The fourth-order valence-corrected chi connectivity index (χ4v) is 4.23. The van der Waals surface area contributed by atoms with Gasteiger partial charge in [-0.05, 0) is 19.1 Å². The quantitative estimate of drug-likeness (QED) is 0.736. The summed E-state index contributed by atoms with van der Waals surface area (Å²) in [5, 5.41) is 3.02. The van der Waals surface area contributed by atoms with Crippen LogP contribution in [0.3, 0.4) is 0 Å². The van der Waals surface area contributed by atoms with Gasteiger partial charge in [0.1, 0.15) is 0 Å². The maximum absolute atomic E-state index is 12.5. The predicted molar refractivity (Wildman–Crippen MR) is 92.7 cm³/mol. The van der Waals surface area contributed by atoms with Crippen molar-refractivity contribution < 1.29 is 22.8 Å². The summed E-state index contributed by atoms with van der Waals surface area (Å²) in [5.41, 5.74) is 1.00. The molecule has 0 bridgehead atoms. The summed E-state index contributed by atoms with van der Waals surface area (Å²) in [6, 6.07) is 2.35. The Morgan fingerprint density at radius 3 is 2.38 bits per heavy atom. The Balaban J connectivity index is 1.57. The molecule has 140 valence electrons. The van der Waals surface area contributed by atoms with Crippen LogP contribution in [0, 0.1) is 6.92 Å². The smallest absolute Gasteiger partial charge is 0.335 e. The first-order chi connectivity index (χ1) is 12.2. The van der Waals surface area contributed by atoms with E-state index >= 15 is 0 Å². The van der Waals surface area contributed by atoms with Crippen LogP contribution < -0.4 is 0 Å². The Morgan fingerprint density at radius 1 is 1.15 bits per heavy atom. The number of rotatable bonds is 4. The minimum atomic E-state index is -4.93. The fraction of sp³-hybridized carbons (Fsp3) is 0.438. The highest BCUT2D eigenvalue weighted by atomic mass is 32.1. The zero-order valence-corrected chi connectivity index (χ0v) is 15.5. The van der Waals surface area contributed by atoms with Crippen LogP contribution in [0.15, 0.2) is 17.5 Å². The van der Waals surface area contributed by atoms with Crippen molar-refractivity contribution >= 4 is 34.4 Å². The second-order valence-corrected chi connectivity index (χ2v) is 8.06. The molecule has 0 N–H and O–H groups in total. The lowest BCUT2D eigenvalue weighted by atomic mass is 10.2. The van der Waals surface area contributed by atoms with Crippen molar-refractivity contribution in [3.63, 3.8) is 0 Å². The molecular weight excluding hydrogens is 387 g/mol. The lowest BCUT2D eigenvalue weighted by Crippen LogP contribution is -2.48. The van der Waals surface area contributed by atoms with Gasteiger partial charge in [0.15, 0.2) is 0 Å². The van der Waals surface area contributed by atoms with Crippen molar-refractivity contribution in [3.8, 4) is 0 Å². The van der Waals surface area contributed by atoms with Gasteiger partial charge in [-0.1, -0.05) is 0 Å². The van der Waals surface area contributed by atoms with E-state index < -0.39 is 16.8 Å². The van der Waals surface area contributed by atoms with E-state index in [2.05, 4.69) is 9.88 Å². The number of halogens is 3. The number of ketones is 1. The van der Waals surface area contributed by atoms with Gasteiger partial charge in [0.05, 0.1) is 20.5 Å². The third-order valence-corrected chi connectivity index (χ3v) is 5.90. The molecule has 0 saturated carbocycles. The molecule has 3 heterocycles. The highest BCUT2D eigenvalue weighted by Crippen LogP contribution is 2.27. The third-order valence-electron chi connectivity index (χ3n) is 4.01. The van der Waals surface area contributed by atoms with Gasteiger partial charge in [0.2, 0.25) is 0 Å². The highest BCUT2D eigenvalue weighted by molar-refractivity contribution is 7.16. The van der Waals surface area contributed by atoms with E-state index in [1.54, 1.807) is 16.2 Å². The Bertz CT molecular complexity index is 808. The Kier molecular flexibility index (Phi) is 5.44. The largest absolute Gasteiger partial charge is 0.455 e. The molecule has 0 unspecified atom stereocenters. The van der Waals surface area contributed by atoms with E-state index in [4.69, 9.17) is 0 Å². The van der Waals surface area contributed by atoms with Gasteiger partial charge in [-0.25, -0.2) is 4.98 Å². The van der Waals surface area contributed by atoms with Crippen LogP contribution >= 0.6 is 22.7 Å². The zero-order valence-electron chi connectivity index (χ0n) is 13.9. The lowest BCUT2D eigenvalue weighted by molar-refractivity contribution is -0.0882. The minimum Gasteiger partial charge on any atom is -0.335 e. The summed E-state index contributed by atoms with van der Waals surface area (Å²) < 4.78 is 37.4. The summed E-state index contributed by atoms with van der Waals surface area (Å²) >= 11 is 2.19. The number of hydrogen-bond acceptors (Lipinski definition) is 6. The van der Waals surface area contributed by atoms with E-state index in [1.807, 2.05) is 12.3 Å². The summed E-state index contributed by atoms with van der Waals surface area (Å²) in [6.07, 6.45) is -4.93. The standard InChI is InChI=1S/C16H16F3N3O2S2/c1-10-20-11(9-25-10)8-21-4-6-22(7-5-21)15(24)13-3-2-12(26-13)14(23)16(17,18)19/h2-3,9H,4-8H2,1H3. The molecule has 0 aromatic carbocycles. The molecule has 2 aromatic rings. The third kappa shape index (κ3) is 4.30. The first kappa shape index (κ1) is 19.0. The Hall–Kier alpha value is -1.78. The van der Waals surface area contributed by atoms with Crippen molar-refractivity contribution in [2.75, 3.05) is 26.2 Å². The fourth-order valence-electron chi connectivity index (χ4n) is 2.69. The van der Waals surface area contributed by atoms with E-state index in [1.165, 1.54) is 6.07 Å². The molecule has 26 heavy (non-hydrogen) atoms. The van der Waals surface area contributed by atoms with Crippen LogP contribution in [-0.4, -0.2) is 58.8 Å². The van der Waals surface area contributed by atoms with Gasteiger partial charge in [0.25, 0.3) is 11.7 Å². The van der Waals surface area contributed by atoms with E-state index in [0.29, 0.717) is 37.5 Å². The molecule has 3 rings (SSSR count). The first-order valence-corrected chi connectivity index (χ1v) is 9.57. The molecule has 0 radical (unpaired) electrons. The molecule has 1 aliphatic rings. The number of carbonyl (C=O) groups is 2. The summed E-state index contributed by atoms with van der Waals surface area (Å²) in [7, 11) is 0. The van der Waals surface area contributed by atoms with Crippen molar-refractivity contribution in [3.05, 3.63) is 38.0 Å². The number of amides is 1. The summed E-state index contributed by atoms with van der Waals surface area (Å²) in [6.45, 7) is 4.98. The van der Waals surface area contributed by atoms with Gasteiger partial charge in [0, 0.05) is 38.1 Å². The second kappa shape index (κ2) is 7.45. The monoisotopic (exact) mass is 403 g/mol. The number of hydrogen-bond donors (Lipinski definition) is 0. The Morgan fingerprint density at radius 2 is 1.81 bits per heavy atom. The van der Waals surface area contributed by atoms with Gasteiger partial charge in [-0.2, -0.15) is 13.2 Å². The molecule has 1 amide bonds. The van der Waals surface area contributed by atoms with Crippen molar-refractivity contribution in [2.24, 2.45) is 0 Å². The van der Waals surface area contributed by atoms with Crippen LogP contribution in [0.2, 0.25) is 0 Å². The number of Topliss-reactive ketones (excluding diaryl/α,β-unsaturated/α-hetero) is 1. The summed E-state index contributed by atoms with van der Waals surface area (Å²) in [4.78, 5) is 31.6. The maximum atomic E-state index is 12.5. The van der Waals surface area contributed by atoms with Crippen LogP contribution in [0.25, 0.3) is 0 Å². The van der Waals surface area contributed by atoms with E-state index in [0.717, 1.165) is 23.3 Å². The van der Waals surface area contributed by atoms with Crippen LogP contribution in [-0.2, 0) is 6.54 Å². The highest BCUT2D eigenvalue weighted by Gasteiger charge is 2.40. The molecule has 1 saturated heterocycles. The van der Waals surface area contributed by atoms with Crippen LogP contribution in [0.1, 0.15) is 30.0 Å². The van der Waals surface area contributed by atoms with Crippen LogP contribution in [0.5, 0.6) is 0 Å². The number of carbonyl (C=O) groups excluding carboxylic acids is 2. The van der Waals surface area contributed by atoms with Gasteiger partial charge in [-0.3, -0.25) is 14.5 Å². The molecule has 1 fully saturated rings. The topological polar surface area (TPSA) is 53.5 Å². The number of piperazine rings is 1. The van der Waals surface area contributed by atoms with Crippen LogP contribution in [0.4, 0.5) is 13.2 Å². The average Bonchev–Trinajstić information content (AvgIpc) is 3.22. The minimum absolute atomic E-state index is 0.154. The van der Waals surface area contributed by atoms with Crippen molar-refractivity contribution in [2.45, 2.75) is 19.6 Å². The number of aryl methyl sites for hydroxylation is 1. The van der Waals surface area contributed by atoms with Crippen molar-refractivity contribution in [1.29, 1.82) is 0 Å². The molecule has 1 aliphatic heterocycles. The molecule has 0 atom stereocenters. The maximum Gasteiger partial charge on any atom is 0.455 e. The molecule has 0 aliphatic carbocycles. The number of thiophene rings is 1. The predicted octanol–water partition coefficient (Wildman–Crippen LogP) is 3.22. The molecular formula is C16H16F3N3O2S2. The zero-order chi connectivity index (χ0) is 18.9. The lowest BCUT2D eigenvalue weighted by Gasteiger charge is -2.34. The molecule has 0 spiro atoms. The second-order valence-electron chi connectivity index (χ2n) is 5.92. The van der Waals surface area contributed by atoms with Gasteiger partial charge in [-0.15, -0.1) is 22.7 Å². The van der Waals surface area contributed by atoms with Gasteiger partial charge < -0.3 is 4.90 Å². The number of nitrogens with zero attached hydrogens (tertiary/aromatic N) is 3. The number of alkyl halides is 3. The number of thiazole rings is 1. The van der Waals surface area contributed by atoms with Gasteiger partial charge >= 0.3 is 6.18 Å². The molecule has 2 aromatic heterocycles. The number of aromatic nitrogens is 1. The SMILES string of the molecule is Cc1nc(CN2CCN(C(=O)c3ccc(C(=O)C(F)(F)F)s3)CC2)cs1. The average molecular weight is 403 g/mol. The Labute approximate surface area is 156 Å². The molecule has 5 nitrogen and oxygen atoms in total. The van der Waals surface area contributed by atoms with Crippen molar-refractivity contribution in [1.82, 2.24) is 14.8 Å². The normalized spacial score (nSPS) is 16.1. The van der Waals surface area contributed by atoms with E-state index in [-0.39, 0.29) is 10.8 Å². The molecule has 10 heteroatoms. The first-order valence-electron chi connectivity index (χ1n) is 7.88.